The van der Waals surface area contributed by atoms with Crippen molar-refractivity contribution in [2.45, 2.75) is 117 Å². The number of piperidine rings is 1. The summed E-state index contributed by atoms with van der Waals surface area (Å²) in [5.41, 5.74) is 0.145. The molecule has 3 aromatic rings. The zero-order valence-corrected chi connectivity index (χ0v) is 30.9. The van der Waals surface area contributed by atoms with Crippen molar-refractivity contribution in [2.24, 2.45) is 0 Å². The molecule has 0 spiro atoms. The highest BCUT2D eigenvalue weighted by Gasteiger charge is 2.51. The zero-order valence-electron chi connectivity index (χ0n) is 30.9. The van der Waals surface area contributed by atoms with Crippen LogP contribution < -0.4 is 10.3 Å². The smallest absolute Gasteiger partial charge is 0.457 e. The van der Waals surface area contributed by atoms with E-state index in [0.717, 1.165) is 16.5 Å². The highest BCUT2D eigenvalue weighted by Crippen LogP contribution is 2.42. The van der Waals surface area contributed by atoms with Crippen molar-refractivity contribution in [1.82, 2.24) is 14.5 Å². The molecule has 1 atom stereocenters. The standard InChI is InChI=1S/C38H45N3O11/c1-9-23-24-17-22(49-34(45)51-37(6,7)8)11-12-28(24)39-30-25(23)19-41-29(30)18-27-26(31(41)42)20-47-32(43)38(27,10-2)52-35(46)48-21-13-15-40(16-14-21)33(44)50-36(3,4)5/h11-12,17-18,21H,9-10,13-16,19-20H2,1-8H3. The van der Waals surface area contributed by atoms with Gasteiger partial charge in [0.05, 0.1) is 29.0 Å². The maximum absolute atomic E-state index is 14.1. The van der Waals surface area contributed by atoms with Crippen LogP contribution in [0, 0.1) is 0 Å². The number of aromatic nitrogens is 2. The fourth-order valence-electron chi connectivity index (χ4n) is 6.92. The molecule has 278 valence electrons. The fraction of sp³-hybridized carbons (Fsp3) is 0.526. The van der Waals surface area contributed by atoms with Gasteiger partial charge in [0.15, 0.2) is 0 Å². The number of hydrogen-bond donors (Lipinski definition) is 0. The number of aryl methyl sites for hydroxylation is 1. The number of benzene rings is 1. The van der Waals surface area contributed by atoms with Crippen LogP contribution in [0.1, 0.15) is 96.9 Å². The van der Waals surface area contributed by atoms with Crippen molar-refractivity contribution in [3.8, 4) is 17.1 Å². The van der Waals surface area contributed by atoms with Gasteiger partial charge in [-0.25, -0.2) is 24.2 Å². The zero-order chi connectivity index (χ0) is 37.7. The molecule has 14 heteroatoms. The van der Waals surface area contributed by atoms with Gasteiger partial charge in [-0.05, 0) is 84.2 Å². The quantitative estimate of drug-likeness (QED) is 0.125. The topological polar surface area (TPSA) is 162 Å². The maximum Gasteiger partial charge on any atom is 0.514 e. The molecule has 1 saturated heterocycles. The summed E-state index contributed by atoms with van der Waals surface area (Å²) < 4.78 is 34.8. The normalized spacial score (nSPS) is 18.5. The lowest BCUT2D eigenvalue weighted by atomic mass is 9.85. The molecule has 1 aromatic carbocycles. The van der Waals surface area contributed by atoms with Gasteiger partial charge in [-0.2, -0.15) is 0 Å². The third-order valence-electron chi connectivity index (χ3n) is 9.30. The molecule has 1 unspecified atom stereocenters. The van der Waals surface area contributed by atoms with Gasteiger partial charge < -0.3 is 37.9 Å². The Kier molecular flexibility index (Phi) is 9.47. The van der Waals surface area contributed by atoms with E-state index in [-0.39, 0.29) is 36.3 Å². The Morgan fingerprint density at radius 2 is 1.63 bits per heavy atom. The number of cyclic esters (lactones) is 1. The van der Waals surface area contributed by atoms with Crippen LogP contribution >= 0.6 is 0 Å². The van der Waals surface area contributed by atoms with Gasteiger partial charge >= 0.3 is 24.4 Å². The minimum absolute atomic E-state index is 0.0213. The van der Waals surface area contributed by atoms with E-state index in [1.165, 1.54) is 0 Å². The van der Waals surface area contributed by atoms with Gasteiger partial charge in [-0.1, -0.05) is 13.8 Å². The highest BCUT2D eigenvalue weighted by atomic mass is 16.7. The summed E-state index contributed by atoms with van der Waals surface area (Å²) in [6.07, 6.45) is -1.62. The van der Waals surface area contributed by atoms with Crippen LogP contribution in [-0.4, -0.2) is 69.2 Å². The minimum atomic E-state index is -1.93. The summed E-state index contributed by atoms with van der Waals surface area (Å²) in [6.45, 7) is 14.9. The predicted octanol–water partition coefficient (Wildman–Crippen LogP) is 6.52. The molecule has 5 heterocycles. The first-order valence-corrected chi connectivity index (χ1v) is 17.6. The van der Waals surface area contributed by atoms with E-state index >= 15 is 0 Å². The van der Waals surface area contributed by atoms with Crippen molar-refractivity contribution < 1.29 is 47.6 Å². The van der Waals surface area contributed by atoms with Crippen LogP contribution in [0.3, 0.4) is 0 Å². The van der Waals surface area contributed by atoms with Crippen LogP contribution in [0.5, 0.6) is 5.75 Å². The maximum atomic E-state index is 14.1. The first-order valence-electron chi connectivity index (χ1n) is 17.6. The van der Waals surface area contributed by atoms with Gasteiger partial charge in [-0.3, -0.25) is 4.79 Å². The lowest BCUT2D eigenvalue weighted by Crippen LogP contribution is -2.48. The number of fused-ring (bicyclic) bond motifs is 5. The molecule has 3 aliphatic heterocycles. The fourth-order valence-corrected chi connectivity index (χ4v) is 6.92. The second-order valence-electron chi connectivity index (χ2n) is 15.2. The molecule has 0 bridgehead atoms. The summed E-state index contributed by atoms with van der Waals surface area (Å²) in [4.78, 5) is 72.3. The van der Waals surface area contributed by atoms with E-state index in [2.05, 4.69) is 0 Å². The molecule has 1 fully saturated rings. The monoisotopic (exact) mass is 719 g/mol. The predicted molar refractivity (Wildman–Crippen MR) is 187 cm³/mol. The Morgan fingerprint density at radius 3 is 2.27 bits per heavy atom. The summed E-state index contributed by atoms with van der Waals surface area (Å²) in [5.74, 6) is -0.512. The Balaban J connectivity index is 1.28. The number of amides is 1. The number of carbonyl (C=O) groups excluding carboxylic acids is 4. The molecule has 14 nitrogen and oxygen atoms in total. The number of ether oxygens (including phenoxy) is 6. The number of pyridine rings is 2. The van der Waals surface area contributed by atoms with Gasteiger partial charge in [-0.15, -0.1) is 0 Å². The van der Waals surface area contributed by atoms with Crippen LogP contribution in [0.2, 0.25) is 0 Å². The van der Waals surface area contributed by atoms with Crippen LogP contribution in [0.15, 0.2) is 29.1 Å². The third kappa shape index (κ3) is 7.02. The molecule has 6 rings (SSSR count). The molecular formula is C38H45N3O11. The van der Waals surface area contributed by atoms with Crippen molar-refractivity contribution in [3.63, 3.8) is 0 Å². The van der Waals surface area contributed by atoms with Crippen LogP contribution in [-0.2, 0) is 53.7 Å². The van der Waals surface area contributed by atoms with Gasteiger partial charge in [0.1, 0.15) is 29.7 Å². The van der Waals surface area contributed by atoms with E-state index in [9.17, 15) is 24.0 Å². The Morgan fingerprint density at radius 1 is 0.942 bits per heavy atom. The molecule has 0 N–H and O–H groups in total. The lowest BCUT2D eigenvalue weighted by molar-refractivity contribution is -0.176. The molecular weight excluding hydrogens is 674 g/mol. The molecule has 3 aliphatic rings. The average molecular weight is 720 g/mol. The first kappa shape index (κ1) is 36.6. The molecule has 2 aromatic heterocycles. The summed E-state index contributed by atoms with van der Waals surface area (Å²) >= 11 is 0. The Labute approximate surface area is 301 Å². The summed E-state index contributed by atoms with van der Waals surface area (Å²) in [6, 6.07) is 6.78. The number of nitrogens with zero attached hydrogens (tertiary/aromatic N) is 3. The van der Waals surface area contributed by atoms with E-state index in [1.54, 1.807) is 82.2 Å². The van der Waals surface area contributed by atoms with Crippen molar-refractivity contribution >= 4 is 35.3 Å². The van der Waals surface area contributed by atoms with Gasteiger partial charge in [0, 0.05) is 42.4 Å². The van der Waals surface area contributed by atoms with E-state index in [4.69, 9.17) is 33.4 Å². The minimum Gasteiger partial charge on any atom is -0.457 e. The molecule has 0 radical (unpaired) electrons. The van der Waals surface area contributed by atoms with Crippen LogP contribution in [0.4, 0.5) is 14.4 Å². The highest BCUT2D eigenvalue weighted by molar-refractivity contribution is 5.90. The second-order valence-corrected chi connectivity index (χ2v) is 15.2. The lowest BCUT2D eigenvalue weighted by Gasteiger charge is -2.36. The number of rotatable bonds is 5. The second kappa shape index (κ2) is 13.4. The van der Waals surface area contributed by atoms with Crippen molar-refractivity contribution in [1.29, 1.82) is 0 Å². The van der Waals surface area contributed by atoms with Gasteiger partial charge in [0.2, 0.25) is 5.60 Å². The van der Waals surface area contributed by atoms with Gasteiger partial charge in [0.25, 0.3) is 5.56 Å². The molecule has 0 aliphatic carbocycles. The van der Waals surface area contributed by atoms with E-state index in [1.807, 2.05) is 6.92 Å². The SMILES string of the molecule is CCc1c2c(nc3ccc(OC(=O)OC(C)(C)C)cc13)-c1cc3c(c(=O)n1C2)COC(=O)C3(CC)OC(=O)OC1CCN(C(=O)OC(C)(C)C)CC1. The summed E-state index contributed by atoms with van der Waals surface area (Å²) in [7, 11) is 0. The number of esters is 1. The Hall–Kier alpha value is -5.14. The van der Waals surface area contributed by atoms with Crippen LogP contribution in [0.25, 0.3) is 22.3 Å². The van der Waals surface area contributed by atoms with Crippen molar-refractivity contribution in [3.05, 3.63) is 56.9 Å². The third-order valence-corrected chi connectivity index (χ3v) is 9.30. The van der Waals surface area contributed by atoms with E-state index < -0.39 is 47.3 Å². The largest absolute Gasteiger partial charge is 0.514 e. The number of hydrogen-bond acceptors (Lipinski definition) is 12. The Bertz CT molecular complexity index is 2020. The number of likely N-dealkylation sites (tertiary alicyclic amines) is 1. The number of carbonyl (C=O) groups is 4. The summed E-state index contributed by atoms with van der Waals surface area (Å²) in [5, 5.41) is 0.761. The molecule has 1 amide bonds. The first-order chi connectivity index (χ1) is 24.4. The average Bonchev–Trinajstić information content (AvgIpc) is 3.42. The van der Waals surface area contributed by atoms with E-state index in [0.29, 0.717) is 55.0 Å². The van der Waals surface area contributed by atoms with Crippen molar-refractivity contribution in [2.75, 3.05) is 13.1 Å². The molecule has 0 saturated carbocycles. The molecule has 52 heavy (non-hydrogen) atoms.